The van der Waals surface area contributed by atoms with Gasteiger partial charge in [-0.3, -0.25) is 9.59 Å². The topological polar surface area (TPSA) is 67.4 Å². The summed E-state index contributed by atoms with van der Waals surface area (Å²) in [5, 5.41) is 5.49. The van der Waals surface area contributed by atoms with Crippen LogP contribution in [-0.2, 0) is 4.79 Å². The number of carbonyl (C=O) groups is 2. The molecule has 2 amide bonds. The van der Waals surface area contributed by atoms with Gasteiger partial charge in [0.05, 0.1) is 12.7 Å². The van der Waals surface area contributed by atoms with Gasteiger partial charge in [-0.1, -0.05) is 18.2 Å². The lowest BCUT2D eigenvalue weighted by molar-refractivity contribution is -0.122. The van der Waals surface area contributed by atoms with Crippen molar-refractivity contribution in [1.82, 2.24) is 10.6 Å². The fourth-order valence-corrected chi connectivity index (χ4v) is 2.34. The van der Waals surface area contributed by atoms with E-state index >= 15 is 0 Å². The van der Waals surface area contributed by atoms with Crippen molar-refractivity contribution in [2.24, 2.45) is 0 Å². The third kappa shape index (κ3) is 5.44. The van der Waals surface area contributed by atoms with E-state index in [1.807, 2.05) is 6.26 Å². The quantitative estimate of drug-likeness (QED) is 0.681. The molecule has 0 aromatic heterocycles. The molecule has 1 rings (SSSR count). The van der Waals surface area contributed by atoms with E-state index in [9.17, 15) is 9.59 Å². The van der Waals surface area contributed by atoms with Crippen LogP contribution in [0.4, 0.5) is 0 Å². The van der Waals surface area contributed by atoms with Gasteiger partial charge in [-0.2, -0.15) is 11.8 Å². The molecule has 0 spiro atoms. The van der Waals surface area contributed by atoms with Gasteiger partial charge in [0, 0.05) is 6.54 Å². The lowest BCUT2D eigenvalue weighted by Gasteiger charge is -2.18. The van der Waals surface area contributed by atoms with Gasteiger partial charge in [-0.05, 0) is 30.6 Å². The Morgan fingerprint density at radius 2 is 2.14 bits per heavy atom. The highest BCUT2D eigenvalue weighted by Gasteiger charge is 2.22. The predicted octanol–water partition coefficient (Wildman–Crippen LogP) is 1.85. The Bertz CT molecular complexity index is 520. The van der Waals surface area contributed by atoms with Crippen molar-refractivity contribution in [3.8, 4) is 5.75 Å². The number of hydrogen-bond donors (Lipinski definition) is 2. The second-order valence-electron chi connectivity index (χ2n) is 4.54. The summed E-state index contributed by atoms with van der Waals surface area (Å²) in [6.07, 6.45) is 4.12. The SMILES string of the molecule is C=CCNC(=O)C(CCSC)NC(=O)c1ccccc1OC. The normalized spacial score (nSPS) is 11.4. The van der Waals surface area contributed by atoms with Crippen LogP contribution in [0.25, 0.3) is 0 Å². The summed E-state index contributed by atoms with van der Waals surface area (Å²) in [7, 11) is 1.51. The first-order chi connectivity index (χ1) is 10.6. The summed E-state index contributed by atoms with van der Waals surface area (Å²) < 4.78 is 5.18. The van der Waals surface area contributed by atoms with Crippen LogP contribution in [0.2, 0.25) is 0 Å². The number of hydrogen-bond acceptors (Lipinski definition) is 4. The van der Waals surface area contributed by atoms with E-state index in [4.69, 9.17) is 4.74 Å². The zero-order valence-electron chi connectivity index (χ0n) is 12.9. The highest BCUT2D eigenvalue weighted by atomic mass is 32.2. The van der Waals surface area contributed by atoms with Gasteiger partial charge in [-0.25, -0.2) is 0 Å². The smallest absolute Gasteiger partial charge is 0.255 e. The number of rotatable bonds is 9. The van der Waals surface area contributed by atoms with Crippen LogP contribution in [0.5, 0.6) is 5.75 Å². The van der Waals surface area contributed by atoms with Crippen molar-refractivity contribution in [1.29, 1.82) is 0 Å². The second kappa shape index (κ2) is 9.89. The maximum atomic E-state index is 12.4. The molecule has 0 aliphatic rings. The number of nitrogens with one attached hydrogen (secondary N) is 2. The maximum absolute atomic E-state index is 12.4. The summed E-state index contributed by atoms with van der Waals surface area (Å²) in [5.41, 5.74) is 0.413. The van der Waals surface area contributed by atoms with Gasteiger partial charge in [0.15, 0.2) is 0 Å². The van der Waals surface area contributed by atoms with Gasteiger partial charge >= 0.3 is 0 Å². The van der Waals surface area contributed by atoms with E-state index in [1.54, 1.807) is 42.1 Å². The van der Waals surface area contributed by atoms with Crippen molar-refractivity contribution in [3.63, 3.8) is 0 Å². The largest absolute Gasteiger partial charge is 0.496 e. The van der Waals surface area contributed by atoms with Crippen molar-refractivity contribution in [2.45, 2.75) is 12.5 Å². The molecule has 0 saturated carbocycles. The number of methoxy groups -OCH3 is 1. The van der Waals surface area contributed by atoms with Crippen molar-refractivity contribution in [2.75, 3.05) is 25.7 Å². The summed E-state index contributed by atoms with van der Waals surface area (Å²) in [6.45, 7) is 3.94. The van der Waals surface area contributed by atoms with Crippen LogP contribution in [0.3, 0.4) is 0 Å². The Morgan fingerprint density at radius 1 is 1.41 bits per heavy atom. The van der Waals surface area contributed by atoms with E-state index in [-0.39, 0.29) is 11.8 Å². The minimum absolute atomic E-state index is 0.211. The highest BCUT2D eigenvalue weighted by Crippen LogP contribution is 2.17. The Hall–Kier alpha value is -1.95. The molecule has 6 heteroatoms. The molecule has 1 aromatic rings. The summed E-state index contributed by atoms with van der Waals surface area (Å²) >= 11 is 1.63. The van der Waals surface area contributed by atoms with Gasteiger partial charge in [-0.15, -0.1) is 6.58 Å². The van der Waals surface area contributed by atoms with Gasteiger partial charge in [0.25, 0.3) is 5.91 Å². The van der Waals surface area contributed by atoms with E-state index in [0.29, 0.717) is 24.3 Å². The first-order valence-corrected chi connectivity index (χ1v) is 8.34. The van der Waals surface area contributed by atoms with E-state index in [2.05, 4.69) is 17.2 Å². The average molecular weight is 322 g/mol. The number of carbonyl (C=O) groups excluding carboxylic acids is 2. The van der Waals surface area contributed by atoms with Crippen LogP contribution in [-0.4, -0.2) is 43.5 Å². The van der Waals surface area contributed by atoms with Gasteiger partial charge in [0.2, 0.25) is 5.91 Å². The molecule has 22 heavy (non-hydrogen) atoms. The third-order valence-electron chi connectivity index (χ3n) is 3.00. The average Bonchev–Trinajstić information content (AvgIpc) is 2.55. The monoisotopic (exact) mass is 322 g/mol. The lowest BCUT2D eigenvalue weighted by atomic mass is 10.1. The summed E-state index contributed by atoms with van der Waals surface area (Å²) in [5.74, 6) is 0.725. The highest BCUT2D eigenvalue weighted by molar-refractivity contribution is 7.98. The molecular weight excluding hydrogens is 300 g/mol. The second-order valence-corrected chi connectivity index (χ2v) is 5.53. The first-order valence-electron chi connectivity index (χ1n) is 6.95. The molecular formula is C16H22N2O3S. The van der Waals surface area contributed by atoms with E-state index < -0.39 is 6.04 Å². The lowest BCUT2D eigenvalue weighted by Crippen LogP contribution is -2.47. The van der Waals surface area contributed by atoms with Crippen molar-refractivity contribution >= 4 is 23.6 Å². The Balaban J connectivity index is 2.81. The fraction of sp³-hybridized carbons (Fsp3) is 0.375. The molecule has 1 atom stereocenters. The van der Waals surface area contributed by atoms with Crippen LogP contribution in [0.1, 0.15) is 16.8 Å². The third-order valence-corrected chi connectivity index (χ3v) is 3.65. The number of benzene rings is 1. The molecule has 0 aliphatic heterocycles. The predicted molar refractivity (Wildman–Crippen MR) is 90.5 cm³/mol. The number of ether oxygens (including phenoxy) is 1. The van der Waals surface area contributed by atoms with Crippen molar-refractivity contribution in [3.05, 3.63) is 42.5 Å². The molecule has 0 aliphatic carbocycles. The zero-order chi connectivity index (χ0) is 16.4. The molecule has 1 aromatic carbocycles. The van der Waals surface area contributed by atoms with Crippen LogP contribution in [0, 0.1) is 0 Å². The Labute approximate surface area is 135 Å². The molecule has 2 N–H and O–H groups in total. The number of para-hydroxylation sites is 1. The molecule has 0 heterocycles. The van der Waals surface area contributed by atoms with Gasteiger partial charge < -0.3 is 15.4 Å². The van der Waals surface area contributed by atoms with E-state index in [0.717, 1.165) is 5.75 Å². The van der Waals surface area contributed by atoms with Crippen LogP contribution < -0.4 is 15.4 Å². The van der Waals surface area contributed by atoms with Crippen LogP contribution in [0.15, 0.2) is 36.9 Å². The zero-order valence-corrected chi connectivity index (χ0v) is 13.7. The van der Waals surface area contributed by atoms with Gasteiger partial charge in [0.1, 0.15) is 11.8 Å². The molecule has 0 radical (unpaired) electrons. The summed E-state index contributed by atoms with van der Waals surface area (Å²) in [6, 6.07) is 6.35. The molecule has 5 nitrogen and oxygen atoms in total. The number of amides is 2. The summed E-state index contributed by atoms with van der Waals surface area (Å²) in [4.78, 5) is 24.5. The molecule has 120 valence electrons. The maximum Gasteiger partial charge on any atom is 0.255 e. The standard InChI is InChI=1S/C16H22N2O3S/c1-4-10-17-16(20)13(9-11-22-3)18-15(19)12-7-5-6-8-14(12)21-2/h4-8,13H,1,9-11H2,2-3H3,(H,17,20)(H,18,19). The number of thioether (sulfide) groups is 1. The van der Waals surface area contributed by atoms with E-state index in [1.165, 1.54) is 7.11 Å². The fourth-order valence-electron chi connectivity index (χ4n) is 1.87. The Kier molecular flexibility index (Phi) is 8.14. The molecule has 0 fully saturated rings. The molecule has 0 saturated heterocycles. The minimum Gasteiger partial charge on any atom is -0.496 e. The Morgan fingerprint density at radius 3 is 2.77 bits per heavy atom. The minimum atomic E-state index is -0.579. The van der Waals surface area contributed by atoms with Crippen molar-refractivity contribution < 1.29 is 14.3 Å². The first kappa shape index (κ1) is 18.1. The molecule has 0 bridgehead atoms. The van der Waals surface area contributed by atoms with Crippen LogP contribution >= 0.6 is 11.8 Å². The molecule has 1 unspecified atom stereocenters.